The molecule has 1 amide bonds. The van der Waals surface area contributed by atoms with Crippen LogP contribution in [0.3, 0.4) is 0 Å². The highest BCUT2D eigenvalue weighted by Crippen LogP contribution is 2.46. The molecule has 1 aliphatic rings. The van der Waals surface area contributed by atoms with Crippen LogP contribution in [0.25, 0.3) is 11.1 Å². The van der Waals surface area contributed by atoms with Crippen LogP contribution < -0.4 is 11.1 Å². The van der Waals surface area contributed by atoms with Gasteiger partial charge < -0.3 is 26.0 Å². The number of benzene rings is 3. The number of phenols is 1. The van der Waals surface area contributed by atoms with Crippen LogP contribution in [0, 0.1) is 0 Å². The number of fused-ring (bicyclic) bond motifs is 3. The van der Waals surface area contributed by atoms with Gasteiger partial charge in [0.25, 0.3) is 5.91 Å². The summed E-state index contributed by atoms with van der Waals surface area (Å²) in [5.41, 5.74) is 9.13. The molecular formula is C24H23N2O5+. The Morgan fingerprint density at radius 1 is 1.00 bits per heavy atom. The summed E-state index contributed by atoms with van der Waals surface area (Å²) < 4.78 is 5.67. The third-order valence-corrected chi connectivity index (χ3v) is 5.30. The summed E-state index contributed by atoms with van der Waals surface area (Å²) in [7, 11) is 0. The summed E-state index contributed by atoms with van der Waals surface area (Å²) in [6.45, 7) is -0.414. The minimum Gasteiger partial charge on any atom is -0.508 e. The lowest BCUT2D eigenvalue weighted by Crippen LogP contribution is -2.67. The van der Waals surface area contributed by atoms with Gasteiger partial charge in [0.15, 0.2) is 6.04 Å². The van der Waals surface area contributed by atoms with Gasteiger partial charge in [-0.1, -0.05) is 42.5 Å². The van der Waals surface area contributed by atoms with Crippen molar-refractivity contribution in [2.45, 2.75) is 18.6 Å². The van der Waals surface area contributed by atoms with Gasteiger partial charge in [-0.15, -0.1) is 0 Å². The lowest BCUT2D eigenvalue weighted by Gasteiger charge is -2.15. The lowest BCUT2D eigenvalue weighted by atomic mass is 10.0. The highest BCUT2D eigenvalue weighted by Gasteiger charge is 2.30. The van der Waals surface area contributed by atoms with Crippen LogP contribution >= 0.6 is 0 Å². The van der Waals surface area contributed by atoms with Crippen molar-refractivity contribution in [2.24, 2.45) is 0 Å². The molecule has 4 rings (SSSR count). The molecule has 0 radical (unpaired) electrons. The van der Waals surface area contributed by atoms with E-state index < -0.39 is 24.7 Å². The maximum atomic E-state index is 12.7. The minimum atomic E-state index is -1.04. The molecule has 3 aromatic rings. The second-order valence-corrected chi connectivity index (χ2v) is 7.53. The topological polar surface area (TPSA) is 124 Å². The first-order chi connectivity index (χ1) is 14.9. The maximum absolute atomic E-state index is 12.7. The zero-order valence-electron chi connectivity index (χ0n) is 16.7. The fourth-order valence-corrected chi connectivity index (χ4v) is 3.83. The zero-order valence-corrected chi connectivity index (χ0v) is 16.7. The van der Waals surface area contributed by atoms with E-state index >= 15 is 0 Å². The number of aromatic hydroxyl groups is 1. The highest BCUT2D eigenvalue weighted by atomic mass is 16.5. The first kappa shape index (κ1) is 20.6. The van der Waals surface area contributed by atoms with Gasteiger partial charge in [0.1, 0.15) is 18.5 Å². The minimum absolute atomic E-state index is 0.174. The predicted octanol–water partition coefficient (Wildman–Crippen LogP) is 2.35. The molecule has 0 aliphatic heterocycles. The van der Waals surface area contributed by atoms with Gasteiger partial charge in [0, 0.05) is 12.1 Å². The van der Waals surface area contributed by atoms with Gasteiger partial charge in [0.2, 0.25) is 0 Å². The fraction of sp³-hybridized carbons (Fsp3) is 0.167. The zero-order chi connectivity index (χ0) is 22.0. The van der Waals surface area contributed by atoms with E-state index in [2.05, 4.69) is 11.1 Å². The van der Waals surface area contributed by atoms with Gasteiger partial charge in [0.05, 0.1) is 0 Å². The molecular weight excluding hydrogens is 396 g/mol. The van der Waals surface area contributed by atoms with E-state index in [0.717, 1.165) is 27.8 Å². The number of hydrogen-bond acceptors (Lipinski definition) is 4. The Kier molecular flexibility index (Phi) is 5.70. The van der Waals surface area contributed by atoms with Crippen LogP contribution in [0.2, 0.25) is 0 Å². The summed E-state index contributed by atoms with van der Waals surface area (Å²) in [6, 6.07) is 19.4. The third-order valence-electron chi connectivity index (χ3n) is 5.30. The number of phenolic OH excluding ortho intramolecular Hbond substituents is 1. The Labute approximate surface area is 179 Å². The van der Waals surface area contributed by atoms with Crippen LogP contribution in [-0.4, -0.2) is 34.7 Å². The van der Waals surface area contributed by atoms with Gasteiger partial charge in [-0.05, 0) is 52.1 Å². The summed E-state index contributed by atoms with van der Waals surface area (Å²) in [5.74, 6) is -1.09. The molecule has 0 heterocycles. The third kappa shape index (κ3) is 4.42. The summed E-state index contributed by atoms with van der Waals surface area (Å²) in [5, 5.41) is 21.3. The van der Waals surface area contributed by atoms with Crippen molar-refractivity contribution in [1.29, 1.82) is 0 Å². The number of ether oxygens (including phenoxy) is 1. The molecule has 0 bridgehead atoms. The Bertz CT molecular complexity index is 1130. The Balaban J connectivity index is 1.52. The summed E-state index contributed by atoms with van der Waals surface area (Å²) >= 11 is 0. The normalized spacial score (nSPS) is 15.1. The van der Waals surface area contributed by atoms with E-state index in [1.54, 1.807) is 24.3 Å². The average Bonchev–Trinajstić information content (AvgIpc) is 3.06. The first-order valence-corrected chi connectivity index (χ1v) is 9.91. The molecule has 6 N–H and O–H groups in total. The molecule has 2 atom stereocenters. The van der Waals surface area contributed by atoms with E-state index in [9.17, 15) is 14.7 Å². The standard InChI is InChI=1S/C24H22N2O5/c25-21(11-14-5-8-16(27)9-6-14)24(30)26-15-7-10-18-17-3-1-2-4-19(17)23(20(18)12-15)31-13-22(28)29/h1-10,12,21,23,27H,11,13,25H2,(H,26,30)(H,28,29)/p+1. The van der Waals surface area contributed by atoms with E-state index in [0.29, 0.717) is 12.1 Å². The van der Waals surface area contributed by atoms with Gasteiger partial charge in [-0.25, -0.2) is 4.79 Å². The maximum Gasteiger partial charge on any atom is 0.329 e. The molecule has 0 fully saturated rings. The quantitative estimate of drug-likeness (QED) is 0.468. The summed E-state index contributed by atoms with van der Waals surface area (Å²) in [6.07, 6.45) is -0.0703. The largest absolute Gasteiger partial charge is 0.508 e. The van der Waals surface area contributed by atoms with Crippen molar-refractivity contribution in [3.05, 3.63) is 83.4 Å². The molecule has 7 heteroatoms. The molecule has 0 saturated carbocycles. The number of quaternary nitrogens is 1. The first-order valence-electron chi connectivity index (χ1n) is 9.91. The number of carbonyl (C=O) groups is 2. The van der Waals surface area contributed by atoms with Crippen LogP contribution in [-0.2, 0) is 20.7 Å². The molecule has 0 spiro atoms. The number of anilines is 1. The molecule has 1 aliphatic carbocycles. The van der Waals surface area contributed by atoms with Gasteiger partial charge in [-0.3, -0.25) is 4.79 Å². The Hall–Kier alpha value is -3.68. The van der Waals surface area contributed by atoms with Crippen molar-refractivity contribution in [3.8, 4) is 16.9 Å². The van der Waals surface area contributed by atoms with Crippen molar-refractivity contribution < 1.29 is 30.3 Å². The van der Waals surface area contributed by atoms with Crippen LogP contribution in [0.4, 0.5) is 5.69 Å². The second-order valence-electron chi connectivity index (χ2n) is 7.53. The number of carboxylic acid groups (broad SMARTS) is 1. The number of carbonyl (C=O) groups excluding carboxylic acids is 1. The monoisotopic (exact) mass is 419 g/mol. The Morgan fingerprint density at radius 3 is 2.45 bits per heavy atom. The predicted molar refractivity (Wildman–Crippen MR) is 114 cm³/mol. The Morgan fingerprint density at radius 2 is 1.71 bits per heavy atom. The molecule has 0 saturated heterocycles. The van der Waals surface area contributed by atoms with Gasteiger partial charge in [-0.2, -0.15) is 0 Å². The molecule has 3 aromatic carbocycles. The number of amides is 1. The molecule has 158 valence electrons. The van der Waals surface area contributed by atoms with E-state index in [-0.39, 0.29) is 11.7 Å². The van der Waals surface area contributed by atoms with Crippen molar-refractivity contribution in [3.63, 3.8) is 0 Å². The second kappa shape index (κ2) is 8.59. The number of nitrogens with one attached hydrogen (secondary N) is 1. The molecule has 31 heavy (non-hydrogen) atoms. The van der Waals surface area contributed by atoms with Crippen LogP contribution in [0.5, 0.6) is 5.75 Å². The average molecular weight is 419 g/mol. The van der Waals surface area contributed by atoms with E-state index in [1.807, 2.05) is 42.5 Å². The highest BCUT2D eigenvalue weighted by molar-refractivity contribution is 5.94. The summed E-state index contributed by atoms with van der Waals surface area (Å²) in [4.78, 5) is 23.7. The van der Waals surface area contributed by atoms with E-state index in [1.165, 1.54) is 0 Å². The SMILES string of the molecule is [NH3+]C(Cc1ccc(O)cc1)C(=O)Nc1ccc2c(c1)C(OCC(=O)O)c1ccccc1-2. The van der Waals surface area contributed by atoms with Crippen LogP contribution in [0.1, 0.15) is 22.8 Å². The van der Waals surface area contributed by atoms with Crippen LogP contribution in [0.15, 0.2) is 66.7 Å². The van der Waals surface area contributed by atoms with Crippen molar-refractivity contribution in [2.75, 3.05) is 11.9 Å². The number of rotatable bonds is 7. The number of carboxylic acids is 1. The number of aliphatic carboxylic acids is 1. The molecule has 0 aromatic heterocycles. The fourth-order valence-electron chi connectivity index (χ4n) is 3.83. The smallest absolute Gasteiger partial charge is 0.329 e. The van der Waals surface area contributed by atoms with Gasteiger partial charge >= 0.3 is 5.97 Å². The van der Waals surface area contributed by atoms with E-state index in [4.69, 9.17) is 9.84 Å². The molecule has 2 unspecified atom stereocenters. The van der Waals surface area contributed by atoms with Crippen molar-refractivity contribution in [1.82, 2.24) is 0 Å². The molecule has 7 nitrogen and oxygen atoms in total. The number of hydrogen-bond donors (Lipinski definition) is 4. The lowest BCUT2D eigenvalue weighted by molar-refractivity contribution is -0.402. The van der Waals surface area contributed by atoms with Crippen molar-refractivity contribution >= 4 is 17.6 Å².